The van der Waals surface area contributed by atoms with Gasteiger partial charge in [0.1, 0.15) is 11.6 Å². The van der Waals surface area contributed by atoms with Gasteiger partial charge in [0.25, 0.3) is 0 Å². The van der Waals surface area contributed by atoms with E-state index < -0.39 is 5.97 Å². The molecule has 1 amide bonds. The molecule has 0 saturated carbocycles. The molecular weight excluding hydrogens is 314 g/mol. The summed E-state index contributed by atoms with van der Waals surface area (Å²) < 4.78 is 4.52. The fourth-order valence-electron chi connectivity index (χ4n) is 1.84. The summed E-state index contributed by atoms with van der Waals surface area (Å²) in [4.78, 5) is 29.1. The van der Waals surface area contributed by atoms with Crippen LogP contribution in [0.2, 0.25) is 0 Å². The van der Waals surface area contributed by atoms with Crippen molar-refractivity contribution < 1.29 is 14.3 Å². The minimum absolute atomic E-state index is 0.154. The van der Waals surface area contributed by atoms with Gasteiger partial charge >= 0.3 is 5.97 Å². The highest BCUT2D eigenvalue weighted by molar-refractivity contribution is 7.14. The Morgan fingerprint density at radius 1 is 1.35 bits per heavy atom. The van der Waals surface area contributed by atoms with Crippen LogP contribution in [0.1, 0.15) is 12.6 Å². The molecule has 0 spiro atoms. The minimum Gasteiger partial charge on any atom is -0.465 e. The number of hydrogen-bond donors (Lipinski definition) is 0. The maximum atomic E-state index is 11.9. The first-order valence-corrected chi connectivity index (χ1v) is 7.46. The summed E-state index contributed by atoms with van der Waals surface area (Å²) in [5, 5.41) is 11.1. The molecule has 0 aliphatic rings. The Kier molecular flexibility index (Phi) is 5.23. The number of ether oxygens (including phenoxy) is 1. The zero-order valence-corrected chi connectivity index (χ0v) is 13.3. The van der Waals surface area contributed by atoms with Crippen molar-refractivity contribution in [1.29, 1.82) is 5.26 Å². The lowest BCUT2D eigenvalue weighted by Crippen LogP contribution is -2.22. The molecule has 23 heavy (non-hydrogen) atoms. The zero-order valence-electron chi connectivity index (χ0n) is 12.5. The molecule has 2 aromatic rings. The normalized spacial score (nSPS) is 10.7. The van der Waals surface area contributed by atoms with Gasteiger partial charge in [0.05, 0.1) is 18.5 Å². The Morgan fingerprint density at radius 3 is 2.61 bits per heavy atom. The van der Waals surface area contributed by atoms with Crippen molar-refractivity contribution in [2.45, 2.75) is 6.92 Å². The molecule has 0 N–H and O–H groups in total. The van der Waals surface area contributed by atoms with E-state index in [9.17, 15) is 9.59 Å². The van der Waals surface area contributed by atoms with Crippen molar-refractivity contribution in [2.24, 2.45) is 0 Å². The van der Waals surface area contributed by atoms with E-state index in [0.717, 1.165) is 0 Å². The Balaban J connectivity index is 2.37. The number of methoxy groups -OCH3 is 1. The van der Waals surface area contributed by atoms with Crippen LogP contribution in [0.15, 0.2) is 41.3 Å². The fourth-order valence-corrected chi connectivity index (χ4v) is 2.69. The number of rotatable bonds is 4. The molecule has 2 rings (SSSR count). The predicted molar refractivity (Wildman–Crippen MR) is 87.0 cm³/mol. The number of amides is 1. The van der Waals surface area contributed by atoms with Crippen LogP contribution in [0.4, 0.5) is 10.8 Å². The lowest BCUT2D eigenvalue weighted by atomic mass is 10.2. The van der Waals surface area contributed by atoms with Gasteiger partial charge in [-0.05, 0) is 18.2 Å². The maximum absolute atomic E-state index is 11.9. The SMILES string of the molecule is COC(=O)/C(C#N)=C/c1csc(N(C(C)=O)c2ccccc2)n1. The Hall–Kier alpha value is -2.98. The van der Waals surface area contributed by atoms with Crippen molar-refractivity contribution >= 4 is 40.1 Å². The molecule has 0 bridgehead atoms. The van der Waals surface area contributed by atoms with Crippen LogP contribution >= 0.6 is 11.3 Å². The van der Waals surface area contributed by atoms with Crippen molar-refractivity contribution in [2.75, 3.05) is 12.0 Å². The molecule has 0 fully saturated rings. The van der Waals surface area contributed by atoms with E-state index in [0.29, 0.717) is 16.5 Å². The summed E-state index contributed by atoms with van der Waals surface area (Å²) >= 11 is 1.24. The molecule has 6 nitrogen and oxygen atoms in total. The number of benzene rings is 1. The molecule has 1 aromatic heterocycles. The molecule has 0 radical (unpaired) electrons. The van der Waals surface area contributed by atoms with Crippen LogP contribution in [0.5, 0.6) is 0 Å². The van der Waals surface area contributed by atoms with Crippen LogP contribution in [-0.2, 0) is 14.3 Å². The Bertz CT molecular complexity index is 790. The first-order chi connectivity index (χ1) is 11.1. The summed E-state index contributed by atoms with van der Waals surface area (Å²) in [6.07, 6.45) is 1.33. The largest absolute Gasteiger partial charge is 0.465 e. The van der Waals surface area contributed by atoms with Crippen molar-refractivity contribution in [3.63, 3.8) is 0 Å². The number of hydrogen-bond acceptors (Lipinski definition) is 6. The van der Waals surface area contributed by atoms with Gasteiger partial charge in [0.15, 0.2) is 5.13 Å². The van der Waals surface area contributed by atoms with E-state index in [4.69, 9.17) is 5.26 Å². The number of esters is 1. The van der Waals surface area contributed by atoms with E-state index in [1.54, 1.807) is 23.6 Å². The predicted octanol–water partition coefficient (Wildman–Crippen LogP) is 2.91. The van der Waals surface area contributed by atoms with Gasteiger partial charge < -0.3 is 4.74 Å². The van der Waals surface area contributed by atoms with E-state index in [-0.39, 0.29) is 11.5 Å². The van der Waals surface area contributed by atoms with Gasteiger partial charge in [-0.2, -0.15) is 5.26 Å². The molecule has 0 atom stereocenters. The third-order valence-corrected chi connectivity index (χ3v) is 3.69. The number of carbonyl (C=O) groups is 2. The van der Waals surface area contributed by atoms with Crippen LogP contribution in [-0.4, -0.2) is 24.0 Å². The Morgan fingerprint density at radius 2 is 2.04 bits per heavy atom. The number of nitrogens with zero attached hydrogens (tertiary/aromatic N) is 3. The molecule has 0 saturated heterocycles. The van der Waals surface area contributed by atoms with Crippen molar-refractivity contribution in [1.82, 2.24) is 4.98 Å². The molecule has 0 aliphatic heterocycles. The number of para-hydroxylation sites is 1. The maximum Gasteiger partial charge on any atom is 0.348 e. The van der Waals surface area contributed by atoms with E-state index in [1.807, 2.05) is 18.2 Å². The quantitative estimate of drug-likeness (QED) is 0.490. The molecule has 0 aliphatic carbocycles. The topological polar surface area (TPSA) is 83.3 Å². The van der Waals surface area contributed by atoms with Gasteiger partial charge in [-0.3, -0.25) is 9.69 Å². The number of anilines is 2. The van der Waals surface area contributed by atoms with Gasteiger partial charge in [0.2, 0.25) is 5.91 Å². The van der Waals surface area contributed by atoms with Gasteiger partial charge in [-0.1, -0.05) is 18.2 Å². The molecule has 116 valence electrons. The zero-order chi connectivity index (χ0) is 16.8. The lowest BCUT2D eigenvalue weighted by Gasteiger charge is -2.17. The van der Waals surface area contributed by atoms with Crippen molar-refractivity contribution in [3.8, 4) is 6.07 Å². The molecule has 7 heteroatoms. The first kappa shape index (κ1) is 16.4. The van der Waals surface area contributed by atoms with Crippen LogP contribution in [0, 0.1) is 11.3 Å². The average Bonchev–Trinajstić information content (AvgIpc) is 3.00. The summed E-state index contributed by atoms with van der Waals surface area (Å²) in [5.74, 6) is -0.914. The van der Waals surface area contributed by atoms with Gasteiger partial charge in [-0.25, -0.2) is 9.78 Å². The summed E-state index contributed by atoms with van der Waals surface area (Å²) in [7, 11) is 1.20. The summed E-state index contributed by atoms with van der Waals surface area (Å²) in [5.41, 5.74) is 0.950. The highest BCUT2D eigenvalue weighted by Gasteiger charge is 2.18. The van der Waals surface area contributed by atoms with Crippen LogP contribution in [0.3, 0.4) is 0 Å². The third kappa shape index (κ3) is 3.81. The average molecular weight is 327 g/mol. The monoisotopic (exact) mass is 327 g/mol. The second kappa shape index (κ2) is 7.33. The fraction of sp³-hybridized carbons (Fsp3) is 0.125. The lowest BCUT2D eigenvalue weighted by molar-refractivity contribution is -0.135. The molecular formula is C16H13N3O3S. The standard InChI is InChI=1S/C16H13N3O3S/c1-11(20)19(14-6-4-3-5-7-14)16-18-13(10-23-16)8-12(9-17)15(21)22-2/h3-8,10H,1-2H3/b12-8+. The second-order valence-corrected chi connectivity index (χ2v) is 5.24. The van der Waals surface area contributed by atoms with Crippen LogP contribution < -0.4 is 4.90 Å². The highest BCUT2D eigenvalue weighted by atomic mass is 32.1. The van der Waals surface area contributed by atoms with E-state index in [2.05, 4.69) is 9.72 Å². The van der Waals surface area contributed by atoms with E-state index in [1.165, 1.54) is 36.3 Å². The Labute approximate surface area is 137 Å². The van der Waals surface area contributed by atoms with Crippen molar-refractivity contribution in [3.05, 3.63) is 47.0 Å². The van der Waals surface area contributed by atoms with Crippen LogP contribution in [0.25, 0.3) is 6.08 Å². The second-order valence-electron chi connectivity index (χ2n) is 4.41. The highest BCUT2D eigenvalue weighted by Crippen LogP contribution is 2.29. The first-order valence-electron chi connectivity index (χ1n) is 6.58. The smallest absolute Gasteiger partial charge is 0.348 e. The third-order valence-electron chi connectivity index (χ3n) is 2.85. The molecule has 1 aromatic carbocycles. The number of nitriles is 1. The number of aromatic nitrogens is 1. The summed E-state index contributed by atoms with van der Waals surface area (Å²) in [6.45, 7) is 1.44. The van der Waals surface area contributed by atoms with Gasteiger partial charge in [-0.15, -0.1) is 11.3 Å². The van der Waals surface area contributed by atoms with E-state index >= 15 is 0 Å². The summed E-state index contributed by atoms with van der Waals surface area (Å²) in [6, 6.07) is 10.9. The van der Waals surface area contributed by atoms with Gasteiger partial charge in [0, 0.05) is 12.3 Å². The number of carbonyl (C=O) groups excluding carboxylic acids is 2. The molecule has 0 unspecified atom stereocenters. The minimum atomic E-state index is -0.728. The molecule has 1 heterocycles. The number of thiazole rings is 1.